The minimum absolute atomic E-state index is 0.0663. The van der Waals surface area contributed by atoms with E-state index in [9.17, 15) is 9.90 Å². The Morgan fingerprint density at radius 2 is 2.15 bits per heavy atom. The van der Waals surface area contributed by atoms with Crippen molar-refractivity contribution in [1.82, 2.24) is 10.3 Å². The van der Waals surface area contributed by atoms with Gasteiger partial charge in [-0.2, -0.15) is 0 Å². The van der Waals surface area contributed by atoms with Crippen LogP contribution in [-0.2, 0) is 17.6 Å². The second-order valence-corrected chi connectivity index (χ2v) is 8.15. The number of nitrogens with zero attached hydrogens (tertiary/aromatic N) is 1. The van der Waals surface area contributed by atoms with Crippen LogP contribution in [0.1, 0.15) is 29.3 Å². The van der Waals surface area contributed by atoms with Gasteiger partial charge in [0.1, 0.15) is 10.8 Å². The van der Waals surface area contributed by atoms with Gasteiger partial charge in [-0.3, -0.25) is 4.79 Å². The smallest absolute Gasteiger partial charge is 0.226 e. The number of thiazole rings is 1. The largest absolute Gasteiger partial charge is 0.508 e. The third-order valence-corrected chi connectivity index (χ3v) is 6.11. The number of aromatic hydroxyl groups is 1. The fourth-order valence-electron chi connectivity index (χ4n) is 3.37. The van der Waals surface area contributed by atoms with Crippen LogP contribution < -0.4 is 5.32 Å². The van der Waals surface area contributed by atoms with E-state index >= 15 is 0 Å². The maximum atomic E-state index is 12.5. The molecule has 4 rings (SSSR count). The van der Waals surface area contributed by atoms with Gasteiger partial charge in [0, 0.05) is 16.0 Å². The molecule has 1 unspecified atom stereocenters. The molecule has 0 bridgehead atoms. The van der Waals surface area contributed by atoms with Crippen molar-refractivity contribution < 1.29 is 9.90 Å². The number of nitrogens with one attached hydrogen (secondary N) is 1. The van der Waals surface area contributed by atoms with Crippen LogP contribution in [0.5, 0.6) is 5.75 Å². The molecule has 1 atom stereocenters. The molecule has 0 fully saturated rings. The van der Waals surface area contributed by atoms with E-state index in [1.54, 1.807) is 24.3 Å². The van der Waals surface area contributed by atoms with E-state index in [0.29, 0.717) is 21.5 Å². The molecule has 1 aromatic heterocycles. The molecule has 0 aliphatic heterocycles. The normalized spacial score (nSPS) is 15.6. The van der Waals surface area contributed by atoms with Gasteiger partial charge < -0.3 is 10.4 Å². The van der Waals surface area contributed by atoms with Crippen molar-refractivity contribution >= 4 is 40.4 Å². The summed E-state index contributed by atoms with van der Waals surface area (Å²) in [4.78, 5) is 17.0. The van der Waals surface area contributed by atoms with E-state index in [1.165, 1.54) is 11.3 Å². The highest BCUT2D eigenvalue weighted by molar-refractivity contribution is 7.13. The van der Waals surface area contributed by atoms with Gasteiger partial charge in [0.15, 0.2) is 0 Å². The van der Waals surface area contributed by atoms with Crippen LogP contribution in [0.25, 0.3) is 10.6 Å². The topological polar surface area (TPSA) is 62.2 Å². The summed E-state index contributed by atoms with van der Waals surface area (Å²) in [5.74, 6) is 0.212. The molecule has 7 heteroatoms. The number of hydrogen-bond acceptors (Lipinski definition) is 4. The van der Waals surface area contributed by atoms with E-state index in [4.69, 9.17) is 23.2 Å². The van der Waals surface area contributed by atoms with Crippen molar-refractivity contribution in [2.75, 3.05) is 0 Å². The van der Waals surface area contributed by atoms with Crippen molar-refractivity contribution in [2.45, 2.75) is 25.3 Å². The Morgan fingerprint density at radius 1 is 1.30 bits per heavy atom. The number of aromatic nitrogens is 1. The quantitative estimate of drug-likeness (QED) is 0.614. The van der Waals surface area contributed by atoms with E-state index in [1.807, 2.05) is 17.5 Å². The maximum absolute atomic E-state index is 12.5. The maximum Gasteiger partial charge on any atom is 0.226 e. The molecule has 1 amide bonds. The molecule has 0 saturated carbocycles. The first-order chi connectivity index (χ1) is 13.0. The predicted molar refractivity (Wildman–Crippen MR) is 109 cm³/mol. The number of fused-ring (bicyclic) bond motifs is 1. The summed E-state index contributed by atoms with van der Waals surface area (Å²) in [5.41, 5.74) is 3.43. The van der Waals surface area contributed by atoms with Crippen molar-refractivity contribution in [2.24, 2.45) is 0 Å². The average Bonchev–Trinajstić information content (AvgIpc) is 3.23. The second kappa shape index (κ2) is 7.50. The fourth-order valence-corrected chi connectivity index (χ4v) is 4.78. The second-order valence-electron chi connectivity index (χ2n) is 6.45. The van der Waals surface area contributed by atoms with E-state index < -0.39 is 0 Å². The molecule has 3 aromatic rings. The first-order valence-electron chi connectivity index (χ1n) is 8.51. The Kier molecular flexibility index (Phi) is 5.08. The summed E-state index contributed by atoms with van der Waals surface area (Å²) < 4.78 is 0. The zero-order chi connectivity index (χ0) is 19.0. The van der Waals surface area contributed by atoms with E-state index in [0.717, 1.165) is 34.5 Å². The Morgan fingerprint density at radius 3 is 2.96 bits per heavy atom. The predicted octanol–water partition coefficient (Wildman–Crippen LogP) is 5.17. The number of rotatable bonds is 4. The van der Waals surface area contributed by atoms with Gasteiger partial charge in [-0.15, -0.1) is 11.3 Å². The van der Waals surface area contributed by atoms with Crippen molar-refractivity contribution in [3.63, 3.8) is 0 Å². The molecule has 0 radical (unpaired) electrons. The summed E-state index contributed by atoms with van der Waals surface area (Å²) >= 11 is 13.6. The fraction of sp³-hybridized carbons (Fsp3) is 0.200. The number of carbonyl (C=O) groups excluding carboxylic acids is 1. The summed E-state index contributed by atoms with van der Waals surface area (Å²) in [5, 5.41) is 16.7. The zero-order valence-electron chi connectivity index (χ0n) is 14.2. The van der Waals surface area contributed by atoms with E-state index in [2.05, 4.69) is 10.3 Å². The van der Waals surface area contributed by atoms with Crippen LogP contribution in [0.15, 0.2) is 41.8 Å². The Bertz CT molecular complexity index is 1020. The molecule has 1 heterocycles. The summed E-state index contributed by atoms with van der Waals surface area (Å²) in [7, 11) is 0. The number of amides is 1. The molecule has 27 heavy (non-hydrogen) atoms. The van der Waals surface area contributed by atoms with Gasteiger partial charge in [0.2, 0.25) is 5.91 Å². The van der Waals surface area contributed by atoms with Crippen molar-refractivity contribution in [3.8, 4) is 16.3 Å². The van der Waals surface area contributed by atoms with Gasteiger partial charge >= 0.3 is 0 Å². The molecular formula is C20H16Cl2N2O2S. The lowest BCUT2D eigenvalue weighted by atomic mass is 10.1. The molecule has 138 valence electrons. The Balaban J connectivity index is 1.44. The van der Waals surface area contributed by atoms with Gasteiger partial charge in [0.25, 0.3) is 0 Å². The summed E-state index contributed by atoms with van der Waals surface area (Å²) in [6.45, 7) is 0. The average molecular weight is 419 g/mol. The van der Waals surface area contributed by atoms with Crippen LogP contribution in [0, 0.1) is 0 Å². The minimum Gasteiger partial charge on any atom is -0.508 e. The molecule has 0 saturated heterocycles. The highest BCUT2D eigenvalue weighted by Crippen LogP contribution is 2.36. The molecule has 1 aliphatic carbocycles. The third-order valence-electron chi connectivity index (χ3n) is 4.64. The highest BCUT2D eigenvalue weighted by atomic mass is 35.5. The van der Waals surface area contributed by atoms with Gasteiger partial charge in [-0.1, -0.05) is 35.3 Å². The van der Waals surface area contributed by atoms with Crippen molar-refractivity contribution in [1.29, 1.82) is 0 Å². The lowest BCUT2D eigenvalue weighted by Crippen LogP contribution is -2.28. The molecule has 2 aromatic carbocycles. The van der Waals surface area contributed by atoms with Crippen LogP contribution in [-0.4, -0.2) is 16.0 Å². The number of phenols is 1. The zero-order valence-corrected chi connectivity index (χ0v) is 16.5. The Hall–Kier alpha value is -2.08. The lowest BCUT2D eigenvalue weighted by Gasteiger charge is -2.13. The van der Waals surface area contributed by atoms with Crippen LogP contribution in [0.3, 0.4) is 0 Å². The third kappa shape index (κ3) is 3.81. The van der Waals surface area contributed by atoms with E-state index in [-0.39, 0.29) is 18.4 Å². The van der Waals surface area contributed by atoms with Gasteiger partial charge in [-0.05, 0) is 48.2 Å². The standard InChI is InChI=1S/C20H16Cl2N2O2S/c21-11-4-5-15(16(22)8-11)20-23-12(10-27-20)9-19(26)24-17-7-6-14-13(17)2-1-3-18(14)25/h1-5,8,10,17,25H,6-7,9H2,(H,24,26). The highest BCUT2D eigenvalue weighted by Gasteiger charge is 2.26. The summed E-state index contributed by atoms with van der Waals surface area (Å²) in [6, 6.07) is 10.7. The first kappa shape index (κ1) is 18.3. The van der Waals surface area contributed by atoms with Crippen LogP contribution in [0.2, 0.25) is 10.0 Å². The van der Waals surface area contributed by atoms with Gasteiger partial charge in [-0.25, -0.2) is 4.98 Å². The number of halogens is 2. The van der Waals surface area contributed by atoms with Crippen LogP contribution >= 0.6 is 34.5 Å². The van der Waals surface area contributed by atoms with Gasteiger partial charge in [0.05, 0.1) is 23.2 Å². The SMILES string of the molecule is O=C(Cc1csc(-c2ccc(Cl)cc2Cl)n1)NC1CCc2c(O)cccc21. The molecular weight excluding hydrogens is 403 g/mol. The summed E-state index contributed by atoms with van der Waals surface area (Å²) in [6.07, 6.45) is 1.76. The van der Waals surface area contributed by atoms with Crippen LogP contribution in [0.4, 0.5) is 0 Å². The molecule has 2 N–H and O–H groups in total. The monoisotopic (exact) mass is 418 g/mol. The Labute approximate surface area is 170 Å². The molecule has 0 spiro atoms. The number of hydrogen-bond donors (Lipinski definition) is 2. The number of carbonyl (C=O) groups is 1. The number of phenolic OH excluding ortho intramolecular Hbond substituents is 1. The first-order valence-corrected chi connectivity index (χ1v) is 10.1. The molecule has 1 aliphatic rings. The molecule has 4 nitrogen and oxygen atoms in total. The number of benzene rings is 2. The van der Waals surface area contributed by atoms with Crippen molar-refractivity contribution in [3.05, 3.63) is 68.6 Å². The minimum atomic E-state index is -0.0877. The lowest BCUT2D eigenvalue weighted by molar-refractivity contribution is -0.121.